The van der Waals surface area contributed by atoms with Gasteiger partial charge in [0.05, 0.1) is 11.7 Å². The number of aryl methyl sites for hydroxylation is 1. The number of nitrogens with zero attached hydrogens (tertiary/aromatic N) is 3. The number of ether oxygens (including phenoxy) is 2. The first kappa shape index (κ1) is 21.7. The average Bonchev–Trinajstić information content (AvgIpc) is 3.37. The first-order valence-electron chi connectivity index (χ1n) is 10.0. The number of benzene rings is 2. The van der Waals surface area contributed by atoms with Crippen LogP contribution >= 0.6 is 11.8 Å². The van der Waals surface area contributed by atoms with E-state index in [-0.39, 0.29) is 25.0 Å². The number of fused-ring (bicyclic) bond motifs is 1. The van der Waals surface area contributed by atoms with Crippen molar-refractivity contribution in [1.29, 1.82) is 0 Å². The molecule has 1 aliphatic rings. The third-order valence-corrected chi connectivity index (χ3v) is 6.09. The molecule has 9 nitrogen and oxygen atoms in total. The van der Waals surface area contributed by atoms with Gasteiger partial charge in [-0.05, 0) is 37.6 Å². The molecule has 2 aromatic carbocycles. The van der Waals surface area contributed by atoms with E-state index in [4.69, 9.17) is 9.47 Å². The van der Waals surface area contributed by atoms with Gasteiger partial charge in [0, 0.05) is 24.5 Å². The minimum atomic E-state index is -0.433. The van der Waals surface area contributed by atoms with Crippen molar-refractivity contribution in [3.8, 4) is 11.5 Å². The normalized spacial score (nSPS) is 13.0. The fourth-order valence-electron chi connectivity index (χ4n) is 3.08. The molecule has 4 rings (SSSR count). The van der Waals surface area contributed by atoms with E-state index in [1.807, 2.05) is 31.2 Å². The zero-order chi connectivity index (χ0) is 22.7. The maximum atomic E-state index is 12.6. The van der Waals surface area contributed by atoms with E-state index < -0.39 is 5.25 Å². The summed E-state index contributed by atoms with van der Waals surface area (Å²) in [7, 11) is 1.78. The summed E-state index contributed by atoms with van der Waals surface area (Å²) >= 11 is 1.27. The summed E-state index contributed by atoms with van der Waals surface area (Å²) < 4.78 is 12.3. The van der Waals surface area contributed by atoms with Crippen molar-refractivity contribution in [1.82, 2.24) is 14.8 Å². The van der Waals surface area contributed by atoms with Crippen LogP contribution < -0.4 is 20.1 Å². The van der Waals surface area contributed by atoms with Crippen LogP contribution in [0, 0.1) is 6.92 Å². The molecular weight excluding hydrogens is 430 g/mol. The molecule has 0 saturated carbocycles. The van der Waals surface area contributed by atoms with Crippen molar-refractivity contribution in [3.05, 3.63) is 53.9 Å². The van der Waals surface area contributed by atoms with Gasteiger partial charge in [-0.15, -0.1) is 10.2 Å². The molecule has 2 heterocycles. The van der Waals surface area contributed by atoms with Gasteiger partial charge in [0.2, 0.25) is 18.6 Å². The predicted octanol–water partition coefficient (Wildman–Crippen LogP) is 3.15. The maximum absolute atomic E-state index is 12.6. The van der Waals surface area contributed by atoms with Crippen LogP contribution in [0.25, 0.3) is 0 Å². The summed E-state index contributed by atoms with van der Waals surface area (Å²) in [4.78, 5) is 25.0. The summed E-state index contributed by atoms with van der Waals surface area (Å²) in [5.74, 6) is 1.41. The summed E-state index contributed by atoms with van der Waals surface area (Å²) in [6, 6.07) is 12.8. The van der Waals surface area contributed by atoms with Crippen molar-refractivity contribution in [2.75, 3.05) is 17.4 Å². The second-order valence-electron chi connectivity index (χ2n) is 7.32. The monoisotopic (exact) mass is 453 g/mol. The number of para-hydroxylation sites is 1. The first-order chi connectivity index (χ1) is 15.4. The lowest BCUT2D eigenvalue weighted by Crippen LogP contribution is -2.23. The van der Waals surface area contributed by atoms with E-state index in [2.05, 4.69) is 20.8 Å². The fraction of sp³-hybridized carbons (Fsp3) is 0.273. The van der Waals surface area contributed by atoms with Gasteiger partial charge < -0.3 is 24.7 Å². The number of hydrogen-bond acceptors (Lipinski definition) is 7. The Morgan fingerprint density at radius 1 is 1.12 bits per heavy atom. The molecule has 0 spiro atoms. The Balaban J connectivity index is 1.35. The molecule has 1 atom stereocenters. The summed E-state index contributed by atoms with van der Waals surface area (Å²) in [5, 5.41) is 14.1. The van der Waals surface area contributed by atoms with Gasteiger partial charge in [0.1, 0.15) is 5.82 Å². The second-order valence-corrected chi connectivity index (χ2v) is 8.62. The molecule has 0 bridgehead atoms. The van der Waals surface area contributed by atoms with Crippen LogP contribution in [0.15, 0.2) is 47.6 Å². The van der Waals surface area contributed by atoms with Gasteiger partial charge in [0.15, 0.2) is 16.7 Å². The Morgan fingerprint density at radius 2 is 1.91 bits per heavy atom. The third kappa shape index (κ3) is 4.86. The van der Waals surface area contributed by atoms with Crippen LogP contribution in [0.5, 0.6) is 11.5 Å². The molecule has 1 aliphatic heterocycles. The van der Waals surface area contributed by atoms with Gasteiger partial charge in [0.25, 0.3) is 0 Å². The molecule has 2 N–H and O–H groups in total. The van der Waals surface area contributed by atoms with E-state index in [0.29, 0.717) is 28.2 Å². The van der Waals surface area contributed by atoms with Crippen molar-refractivity contribution in [3.63, 3.8) is 0 Å². The summed E-state index contributed by atoms with van der Waals surface area (Å²) in [6.45, 7) is 3.89. The topological polar surface area (TPSA) is 107 Å². The lowest BCUT2D eigenvalue weighted by atomic mass is 10.2. The number of hydrogen-bond donors (Lipinski definition) is 2. The van der Waals surface area contributed by atoms with Gasteiger partial charge in [-0.2, -0.15) is 0 Å². The number of nitrogens with one attached hydrogen (secondary N) is 2. The molecule has 2 amide bonds. The van der Waals surface area contributed by atoms with Crippen molar-refractivity contribution >= 4 is 35.0 Å². The number of anilines is 2. The molecule has 32 heavy (non-hydrogen) atoms. The molecule has 0 saturated heterocycles. The highest BCUT2D eigenvalue weighted by Crippen LogP contribution is 2.34. The minimum absolute atomic E-state index is 0.0795. The third-order valence-electron chi connectivity index (χ3n) is 4.95. The Hall–Kier alpha value is -3.53. The molecule has 0 fully saturated rings. The second kappa shape index (κ2) is 9.31. The lowest BCUT2D eigenvalue weighted by molar-refractivity contribution is -0.116. The van der Waals surface area contributed by atoms with Gasteiger partial charge in [-0.1, -0.05) is 30.0 Å². The van der Waals surface area contributed by atoms with Crippen LogP contribution in [0.3, 0.4) is 0 Å². The van der Waals surface area contributed by atoms with Crippen LogP contribution in [-0.4, -0.2) is 38.6 Å². The largest absolute Gasteiger partial charge is 0.454 e. The summed E-state index contributed by atoms with van der Waals surface area (Å²) in [5.41, 5.74) is 2.37. The first-order valence-corrected chi connectivity index (χ1v) is 10.9. The zero-order valence-electron chi connectivity index (χ0n) is 17.9. The van der Waals surface area contributed by atoms with Crippen molar-refractivity contribution in [2.45, 2.75) is 30.7 Å². The molecule has 10 heteroatoms. The standard InChI is InChI=1S/C22H23N5O4S/c1-13-6-4-5-7-16(13)24-20(28)11-19-25-26-22(27(19)3)32-14(2)21(29)23-15-8-9-17-18(10-15)31-12-30-17/h4-10,14H,11-12H2,1-3H3,(H,23,29)(H,24,28)/t14-/m0/s1. The van der Waals surface area contributed by atoms with Crippen LogP contribution in [0.1, 0.15) is 18.3 Å². The predicted molar refractivity (Wildman–Crippen MR) is 121 cm³/mol. The molecule has 3 aromatic rings. The molecule has 1 aromatic heterocycles. The highest BCUT2D eigenvalue weighted by molar-refractivity contribution is 8.00. The lowest BCUT2D eigenvalue weighted by Gasteiger charge is -2.12. The fourth-order valence-corrected chi connectivity index (χ4v) is 3.92. The number of amides is 2. The number of rotatable bonds is 7. The zero-order valence-corrected chi connectivity index (χ0v) is 18.7. The molecular formula is C22H23N5O4S. The van der Waals surface area contributed by atoms with Crippen LogP contribution in [0.2, 0.25) is 0 Å². The maximum Gasteiger partial charge on any atom is 0.237 e. The van der Waals surface area contributed by atoms with Crippen LogP contribution in [0.4, 0.5) is 11.4 Å². The van der Waals surface area contributed by atoms with E-state index in [0.717, 1.165) is 11.3 Å². The van der Waals surface area contributed by atoms with Crippen LogP contribution in [-0.2, 0) is 23.1 Å². The Morgan fingerprint density at radius 3 is 2.72 bits per heavy atom. The van der Waals surface area contributed by atoms with E-state index in [9.17, 15) is 9.59 Å². The van der Waals surface area contributed by atoms with Crippen molar-refractivity contribution in [2.24, 2.45) is 7.05 Å². The average molecular weight is 454 g/mol. The minimum Gasteiger partial charge on any atom is -0.454 e. The number of carbonyl (C=O) groups excluding carboxylic acids is 2. The summed E-state index contributed by atoms with van der Waals surface area (Å²) in [6.07, 6.45) is 0.0795. The van der Waals surface area contributed by atoms with Crippen molar-refractivity contribution < 1.29 is 19.1 Å². The van der Waals surface area contributed by atoms with E-state index >= 15 is 0 Å². The van der Waals surface area contributed by atoms with Gasteiger partial charge in [-0.3, -0.25) is 9.59 Å². The Labute approximate surface area is 189 Å². The molecule has 0 radical (unpaired) electrons. The quantitative estimate of drug-likeness (QED) is 0.529. The highest BCUT2D eigenvalue weighted by Gasteiger charge is 2.21. The van der Waals surface area contributed by atoms with E-state index in [1.54, 1.807) is 36.7 Å². The smallest absolute Gasteiger partial charge is 0.237 e. The molecule has 0 unspecified atom stereocenters. The Kier molecular flexibility index (Phi) is 6.31. The number of thioether (sulfide) groups is 1. The van der Waals surface area contributed by atoms with Gasteiger partial charge >= 0.3 is 0 Å². The number of aromatic nitrogens is 3. The SMILES string of the molecule is Cc1ccccc1NC(=O)Cc1nnc(S[C@@H](C)C(=O)Nc2ccc3c(c2)OCO3)n1C. The number of carbonyl (C=O) groups is 2. The Bertz CT molecular complexity index is 1160. The highest BCUT2D eigenvalue weighted by atomic mass is 32.2. The van der Waals surface area contributed by atoms with Gasteiger partial charge in [-0.25, -0.2) is 0 Å². The van der Waals surface area contributed by atoms with E-state index in [1.165, 1.54) is 11.8 Å². The molecule has 0 aliphatic carbocycles. The molecule has 166 valence electrons.